The van der Waals surface area contributed by atoms with Gasteiger partial charge in [0.15, 0.2) is 0 Å². The molecule has 0 aromatic heterocycles. The smallest absolute Gasteiger partial charge is 0.259 e. The lowest BCUT2D eigenvalue weighted by Gasteiger charge is -2.26. The number of amides is 1. The van der Waals surface area contributed by atoms with Crippen molar-refractivity contribution in [1.29, 1.82) is 0 Å². The number of hydrogen-bond acceptors (Lipinski definition) is 5. The molecule has 1 aliphatic heterocycles. The number of sulfonamides is 1. The molecule has 1 heterocycles. The predicted molar refractivity (Wildman–Crippen MR) is 114 cm³/mol. The van der Waals surface area contributed by atoms with Gasteiger partial charge in [-0.2, -0.15) is 4.31 Å². The highest BCUT2D eigenvalue weighted by atomic mass is 32.2. The zero-order chi connectivity index (χ0) is 21.1. The summed E-state index contributed by atoms with van der Waals surface area (Å²) < 4.78 is 38.0. The number of rotatable bonds is 5. The van der Waals surface area contributed by atoms with E-state index >= 15 is 0 Å². The summed E-state index contributed by atoms with van der Waals surface area (Å²) in [5, 5.41) is 2.97. The Labute approximate surface area is 177 Å². The van der Waals surface area contributed by atoms with Crippen LogP contribution in [0.1, 0.15) is 34.3 Å². The molecule has 0 bridgehead atoms. The van der Waals surface area contributed by atoms with E-state index in [1.807, 2.05) is 12.1 Å². The molecule has 8 heteroatoms. The fraction of sp³-hybridized carbons (Fsp3) is 0.409. The predicted octanol–water partition coefficient (Wildman–Crippen LogP) is 2.85. The fourth-order valence-electron chi connectivity index (χ4n) is 4.05. The highest BCUT2D eigenvalue weighted by Crippen LogP contribution is 2.30. The number of carbonyl (C=O) groups excluding carboxylic acids is 1. The summed E-state index contributed by atoms with van der Waals surface area (Å²) in [6.45, 7) is 1.32. The molecule has 1 aliphatic carbocycles. The topological polar surface area (TPSA) is 84.9 Å². The van der Waals surface area contributed by atoms with E-state index in [4.69, 9.17) is 9.47 Å². The summed E-state index contributed by atoms with van der Waals surface area (Å²) in [5.74, 6) is -0.0527. The minimum absolute atomic E-state index is 0.0745. The van der Waals surface area contributed by atoms with E-state index < -0.39 is 10.0 Å². The van der Waals surface area contributed by atoms with Gasteiger partial charge >= 0.3 is 0 Å². The summed E-state index contributed by atoms with van der Waals surface area (Å²) in [7, 11) is -2.25. The lowest BCUT2D eigenvalue weighted by Crippen LogP contribution is -2.40. The van der Waals surface area contributed by atoms with E-state index in [0.717, 1.165) is 36.9 Å². The summed E-state index contributed by atoms with van der Waals surface area (Å²) in [6.07, 6.45) is 4.18. The van der Waals surface area contributed by atoms with Gasteiger partial charge in [-0.15, -0.1) is 0 Å². The average molecular weight is 431 g/mol. The monoisotopic (exact) mass is 430 g/mol. The number of nitrogens with zero attached hydrogens (tertiary/aromatic N) is 1. The van der Waals surface area contributed by atoms with E-state index in [9.17, 15) is 13.2 Å². The van der Waals surface area contributed by atoms with Gasteiger partial charge in [0.1, 0.15) is 5.75 Å². The Balaban J connectivity index is 1.65. The quantitative estimate of drug-likeness (QED) is 0.789. The maximum absolute atomic E-state index is 13.1. The second kappa shape index (κ2) is 8.75. The molecule has 2 aromatic carbocycles. The van der Waals surface area contributed by atoms with E-state index in [1.54, 1.807) is 0 Å². The Kier molecular flexibility index (Phi) is 6.08. The third-order valence-corrected chi connectivity index (χ3v) is 7.56. The van der Waals surface area contributed by atoms with Crippen molar-refractivity contribution in [1.82, 2.24) is 4.31 Å². The molecular formula is C22H26N2O5S. The highest BCUT2D eigenvalue weighted by molar-refractivity contribution is 7.89. The van der Waals surface area contributed by atoms with Crippen LogP contribution in [-0.2, 0) is 27.6 Å². The number of hydrogen-bond donors (Lipinski definition) is 1. The number of methoxy groups -OCH3 is 1. The molecule has 2 aromatic rings. The van der Waals surface area contributed by atoms with Crippen LogP contribution >= 0.6 is 0 Å². The Hall–Kier alpha value is -2.42. The molecular weight excluding hydrogens is 404 g/mol. The van der Waals surface area contributed by atoms with Crippen molar-refractivity contribution in [3.8, 4) is 5.75 Å². The number of fused-ring (bicyclic) bond motifs is 1. The molecule has 1 N–H and O–H groups in total. The van der Waals surface area contributed by atoms with Crippen LogP contribution in [0.25, 0.3) is 0 Å². The first-order valence-corrected chi connectivity index (χ1v) is 11.6. The molecule has 0 atom stereocenters. The van der Waals surface area contributed by atoms with Crippen LogP contribution < -0.4 is 10.1 Å². The normalized spacial score (nSPS) is 17.2. The van der Waals surface area contributed by atoms with Crippen molar-refractivity contribution in [3.63, 3.8) is 0 Å². The molecule has 0 spiro atoms. The number of aryl methyl sites for hydroxylation is 1. The van der Waals surface area contributed by atoms with Crippen molar-refractivity contribution in [2.24, 2.45) is 0 Å². The number of benzene rings is 2. The van der Waals surface area contributed by atoms with E-state index in [0.29, 0.717) is 32.1 Å². The molecule has 2 aliphatic rings. The molecule has 0 saturated carbocycles. The van der Waals surface area contributed by atoms with E-state index in [-0.39, 0.29) is 16.4 Å². The Morgan fingerprint density at radius 3 is 2.63 bits per heavy atom. The number of anilines is 1. The summed E-state index contributed by atoms with van der Waals surface area (Å²) >= 11 is 0. The Morgan fingerprint density at radius 1 is 1.10 bits per heavy atom. The standard InChI is InChI=1S/C22H26N2O5S/c1-28-21-10-9-17(30(26,27)24-11-13-29-14-12-24)15-19(21)22(25)23-20-8-4-6-16-5-2-3-7-18(16)20/h4,6,8-10,15H,2-3,5,7,11-14H2,1H3,(H,23,25). The first kappa shape index (κ1) is 20.8. The van der Waals surface area contributed by atoms with Crippen molar-refractivity contribution < 1.29 is 22.7 Å². The molecule has 0 radical (unpaired) electrons. The van der Waals surface area contributed by atoms with E-state index in [1.165, 1.54) is 35.2 Å². The summed E-state index contributed by atoms with van der Waals surface area (Å²) in [6, 6.07) is 10.3. The zero-order valence-corrected chi connectivity index (χ0v) is 17.8. The number of nitrogens with one attached hydrogen (secondary N) is 1. The third kappa shape index (κ3) is 4.08. The summed E-state index contributed by atoms with van der Waals surface area (Å²) in [4.78, 5) is 13.2. The van der Waals surface area contributed by atoms with Crippen LogP contribution in [-0.4, -0.2) is 52.0 Å². The van der Waals surface area contributed by atoms with Gasteiger partial charge in [0.05, 0.1) is 30.8 Å². The molecule has 30 heavy (non-hydrogen) atoms. The number of ether oxygens (including phenoxy) is 2. The van der Waals surface area contributed by atoms with Gasteiger partial charge in [0.2, 0.25) is 10.0 Å². The maximum Gasteiger partial charge on any atom is 0.259 e. The Bertz CT molecular complexity index is 1050. The van der Waals surface area contributed by atoms with Crippen LogP contribution in [0.3, 0.4) is 0 Å². The number of carbonyl (C=O) groups is 1. The van der Waals surface area contributed by atoms with Crippen molar-refractivity contribution in [3.05, 3.63) is 53.1 Å². The number of morpholine rings is 1. The second-order valence-electron chi connectivity index (χ2n) is 7.48. The van der Waals surface area contributed by atoms with Crippen LogP contribution in [0.2, 0.25) is 0 Å². The van der Waals surface area contributed by atoms with Crippen molar-refractivity contribution in [2.45, 2.75) is 30.6 Å². The lowest BCUT2D eigenvalue weighted by atomic mass is 9.90. The molecule has 1 amide bonds. The van der Waals surface area contributed by atoms with Crippen LogP contribution in [0.5, 0.6) is 5.75 Å². The van der Waals surface area contributed by atoms with Crippen LogP contribution in [0.15, 0.2) is 41.3 Å². The lowest BCUT2D eigenvalue weighted by molar-refractivity contribution is 0.0730. The molecule has 7 nitrogen and oxygen atoms in total. The SMILES string of the molecule is COc1ccc(S(=O)(=O)N2CCOCC2)cc1C(=O)Nc1cccc2c1CCCC2. The minimum Gasteiger partial charge on any atom is -0.496 e. The van der Waals surface area contributed by atoms with Gasteiger partial charge in [-0.1, -0.05) is 12.1 Å². The molecule has 4 rings (SSSR count). The average Bonchev–Trinajstić information content (AvgIpc) is 2.79. The molecule has 1 saturated heterocycles. The zero-order valence-electron chi connectivity index (χ0n) is 17.0. The van der Waals surface area contributed by atoms with Gasteiger partial charge in [0, 0.05) is 18.8 Å². The van der Waals surface area contributed by atoms with Crippen LogP contribution in [0, 0.1) is 0 Å². The third-order valence-electron chi connectivity index (χ3n) is 5.67. The maximum atomic E-state index is 13.1. The molecule has 160 valence electrons. The van der Waals surface area contributed by atoms with Gasteiger partial charge in [-0.25, -0.2) is 8.42 Å². The van der Waals surface area contributed by atoms with E-state index in [2.05, 4.69) is 11.4 Å². The van der Waals surface area contributed by atoms with Gasteiger partial charge in [-0.3, -0.25) is 4.79 Å². The largest absolute Gasteiger partial charge is 0.496 e. The van der Waals surface area contributed by atoms with Gasteiger partial charge in [0.25, 0.3) is 5.91 Å². The first-order chi connectivity index (χ1) is 14.5. The van der Waals surface area contributed by atoms with Crippen molar-refractivity contribution in [2.75, 3.05) is 38.7 Å². The molecule has 0 unspecified atom stereocenters. The van der Waals surface area contributed by atoms with Crippen molar-refractivity contribution >= 4 is 21.6 Å². The second-order valence-corrected chi connectivity index (χ2v) is 9.42. The Morgan fingerprint density at radius 2 is 1.87 bits per heavy atom. The first-order valence-electron chi connectivity index (χ1n) is 10.2. The summed E-state index contributed by atoms with van der Waals surface area (Å²) in [5.41, 5.74) is 3.39. The highest BCUT2D eigenvalue weighted by Gasteiger charge is 2.28. The molecule has 1 fully saturated rings. The van der Waals surface area contributed by atoms with Crippen LogP contribution in [0.4, 0.5) is 5.69 Å². The minimum atomic E-state index is -3.71. The van der Waals surface area contributed by atoms with Gasteiger partial charge < -0.3 is 14.8 Å². The van der Waals surface area contributed by atoms with Gasteiger partial charge in [-0.05, 0) is 61.1 Å². The fourth-order valence-corrected chi connectivity index (χ4v) is 5.48.